The lowest BCUT2D eigenvalue weighted by Crippen LogP contribution is -2.08. The van der Waals surface area contributed by atoms with E-state index in [0.717, 1.165) is 10.0 Å². The van der Waals surface area contributed by atoms with Crippen LogP contribution >= 0.6 is 15.9 Å². The Bertz CT molecular complexity index is 229. The fourth-order valence-corrected chi connectivity index (χ4v) is 1.27. The minimum absolute atomic E-state index is 0.0157. The van der Waals surface area contributed by atoms with E-state index in [1.807, 2.05) is 24.3 Å². The molecule has 1 aromatic carbocycles. The van der Waals surface area contributed by atoms with Gasteiger partial charge < -0.3 is 10.2 Å². The van der Waals surface area contributed by atoms with Gasteiger partial charge in [-0.15, -0.1) is 0 Å². The Morgan fingerprint density at radius 1 is 1.08 bits per heavy atom. The van der Waals surface area contributed by atoms with Crippen molar-refractivity contribution in [3.8, 4) is 0 Å². The van der Waals surface area contributed by atoms with E-state index < -0.39 is 0 Å². The largest absolute Gasteiger partial charge is 0.396 e. The molecule has 0 fully saturated rings. The van der Waals surface area contributed by atoms with Gasteiger partial charge in [0.1, 0.15) is 0 Å². The van der Waals surface area contributed by atoms with Gasteiger partial charge in [-0.25, -0.2) is 0 Å². The highest BCUT2D eigenvalue weighted by Gasteiger charge is 2.07. The maximum Gasteiger partial charge on any atom is 0.0521 e. The SMILES string of the molecule is OCC(CO)c1ccc(Br)cc1. The molecule has 0 aliphatic rings. The lowest BCUT2D eigenvalue weighted by molar-refractivity contribution is 0.192. The number of aliphatic hydroxyl groups excluding tert-OH is 2. The Labute approximate surface area is 80.0 Å². The van der Waals surface area contributed by atoms with E-state index in [2.05, 4.69) is 15.9 Å². The molecule has 0 aliphatic carbocycles. The maximum atomic E-state index is 8.88. The van der Waals surface area contributed by atoms with Gasteiger partial charge >= 0.3 is 0 Å². The van der Waals surface area contributed by atoms with Gasteiger partial charge in [-0.1, -0.05) is 28.1 Å². The topological polar surface area (TPSA) is 40.5 Å². The van der Waals surface area contributed by atoms with Crippen LogP contribution in [0, 0.1) is 0 Å². The second-order valence-corrected chi connectivity index (χ2v) is 3.53. The van der Waals surface area contributed by atoms with Crippen LogP contribution in [0.5, 0.6) is 0 Å². The highest BCUT2D eigenvalue weighted by atomic mass is 79.9. The molecule has 0 amide bonds. The molecule has 0 radical (unpaired) electrons. The summed E-state index contributed by atoms with van der Waals surface area (Å²) in [6.07, 6.45) is 0. The Morgan fingerprint density at radius 2 is 1.58 bits per heavy atom. The predicted octanol–water partition coefficient (Wildman–Crippen LogP) is 1.52. The number of benzene rings is 1. The molecule has 0 spiro atoms. The first kappa shape index (κ1) is 9.71. The van der Waals surface area contributed by atoms with E-state index in [1.165, 1.54) is 0 Å². The summed E-state index contributed by atoms with van der Waals surface area (Å²) < 4.78 is 1.00. The third-order valence-corrected chi connectivity index (χ3v) is 2.31. The van der Waals surface area contributed by atoms with Crippen LogP contribution in [-0.2, 0) is 0 Å². The first-order valence-corrected chi connectivity index (χ1v) is 4.54. The van der Waals surface area contributed by atoms with Crippen molar-refractivity contribution >= 4 is 15.9 Å². The fraction of sp³-hybridized carbons (Fsp3) is 0.333. The minimum Gasteiger partial charge on any atom is -0.396 e. The van der Waals surface area contributed by atoms with E-state index in [1.54, 1.807) is 0 Å². The molecule has 0 bridgehead atoms. The normalized spacial score (nSPS) is 10.7. The maximum absolute atomic E-state index is 8.88. The molecule has 2 nitrogen and oxygen atoms in total. The summed E-state index contributed by atoms with van der Waals surface area (Å²) in [6, 6.07) is 7.57. The van der Waals surface area contributed by atoms with E-state index in [0.29, 0.717) is 0 Å². The summed E-state index contributed by atoms with van der Waals surface area (Å²) >= 11 is 3.31. The van der Waals surface area contributed by atoms with Gasteiger partial charge in [0, 0.05) is 10.4 Å². The van der Waals surface area contributed by atoms with Gasteiger partial charge in [0.2, 0.25) is 0 Å². The van der Waals surface area contributed by atoms with Crippen molar-refractivity contribution in [2.45, 2.75) is 5.92 Å². The van der Waals surface area contributed by atoms with Gasteiger partial charge in [-0.3, -0.25) is 0 Å². The predicted molar refractivity (Wildman–Crippen MR) is 51.1 cm³/mol. The fourth-order valence-electron chi connectivity index (χ4n) is 1.00. The monoisotopic (exact) mass is 230 g/mol. The van der Waals surface area contributed by atoms with Gasteiger partial charge in [0.25, 0.3) is 0 Å². The third kappa shape index (κ3) is 2.30. The Hall–Kier alpha value is -0.380. The zero-order valence-electron chi connectivity index (χ0n) is 6.57. The molecule has 0 atom stereocenters. The lowest BCUT2D eigenvalue weighted by atomic mass is 10.0. The van der Waals surface area contributed by atoms with Gasteiger partial charge in [0.15, 0.2) is 0 Å². The Morgan fingerprint density at radius 3 is 2.00 bits per heavy atom. The quantitative estimate of drug-likeness (QED) is 0.827. The highest BCUT2D eigenvalue weighted by Crippen LogP contribution is 2.17. The van der Waals surface area contributed by atoms with Crippen LogP contribution in [-0.4, -0.2) is 23.4 Å². The molecule has 66 valence electrons. The minimum atomic E-state index is -0.155. The van der Waals surface area contributed by atoms with Crippen molar-refractivity contribution in [1.29, 1.82) is 0 Å². The molecule has 0 heterocycles. The van der Waals surface area contributed by atoms with E-state index >= 15 is 0 Å². The van der Waals surface area contributed by atoms with Crippen LogP contribution in [0.2, 0.25) is 0 Å². The van der Waals surface area contributed by atoms with Gasteiger partial charge in [-0.05, 0) is 17.7 Å². The Kier molecular flexibility index (Phi) is 3.72. The van der Waals surface area contributed by atoms with Crippen LogP contribution in [0.4, 0.5) is 0 Å². The van der Waals surface area contributed by atoms with Crippen molar-refractivity contribution in [2.75, 3.05) is 13.2 Å². The third-order valence-electron chi connectivity index (χ3n) is 1.78. The van der Waals surface area contributed by atoms with Crippen LogP contribution in [0.15, 0.2) is 28.7 Å². The van der Waals surface area contributed by atoms with Crippen LogP contribution in [0.3, 0.4) is 0 Å². The number of aliphatic hydroxyl groups is 2. The van der Waals surface area contributed by atoms with E-state index in [-0.39, 0.29) is 19.1 Å². The van der Waals surface area contributed by atoms with Crippen molar-refractivity contribution in [2.24, 2.45) is 0 Å². The summed E-state index contributed by atoms with van der Waals surface area (Å²) in [7, 11) is 0. The molecule has 3 heteroatoms. The molecule has 0 aromatic heterocycles. The molecule has 0 saturated heterocycles. The number of hydrogen-bond donors (Lipinski definition) is 2. The van der Waals surface area contributed by atoms with Crippen molar-refractivity contribution in [3.05, 3.63) is 34.3 Å². The summed E-state index contributed by atoms with van der Waals surface area (Å²) in [4.78, 5) is 0. The standard InChI is InChI=1S/C9H11BrO2/c10-9-3-1-7(2-4-9)8(5-11)6-12/h1-4,8,11-12H,5-6H2. The zero-order chi connectivity index (χ0) is 8.97. The second-order valence-electron chi connectivity index (χ2n) is 2.61. The number of rotatable bonds is 3. The van der Waals surface area contributed by atoms with E-state index in [4.69, 9.17) is 10.2 Å². The van der Waals surface area contributed by atoms with Crippen LogP contribution < -0.4 is 0 Å². The Balaban J connectivity index is 2.80. The molecular weight excluding hydrogens is 220 g/mol. The summed E-state index contributed by atoms with van der Waals surface area (Å²) in [5.74, 6) is -0.155. The molecular formula is C9H11BrO2. The van der Waals surface area contributed by atoms with Crippen molar-refractivity contribution < 1.29 is 10.2 Å². The molecule has 12 heavy (non-hydrogen) atoms. The molecule has 2 N–H and O–H groups in total. The zero-order valence-corrected chi connectivity index (χ0v) is 8.16. The molecule has 0 saturated carbocycles. The highest BCUT2D eigenvalue weighted by molar-refractivity contribution is 9.10. The lowest BCUT2D eigenvalue weighted by Gasteiger charge is -2.10. The molecule has 0 aliphatic heterocycles. The van der Waals surface area contributed by atoms with Crippen LogP contribution in [0.1, 0.15) is 11.5 Å². The first-order chi connectivity index (χ1) is 5.77. The van der Waals surface area contributed by atoms with Crippen LogP contribution in [0.25, 0.3) is 0 Å². The van der Waals surface area contributed by atoms with E-state index in [9.17, 15) is 0 Å². The average Bonchev–Trinajstić information content (AvgIpc) is 2.10. The second kappa shape index (κ2) is 4.60. The summed E-state index contributed by atoms with van der Waals surface area (Å²) in [5, 5.41) is 17.8. The first-order valence-electron chi connectivity index (χ1n) is 3.75. The molecule has 1 aromatic rings. The number of halogens is 1. The molecule has 1 rings (SSSR count). The molecule has 0 unspecified atom stereocenters. The summed E-state index contributed by atoms with van der Waals surface area (Å²) in [6.45, 7) is -0.0315. The van der Waals surface area contributed by atoms with Crippen molar-refractivity contribution in [1.82, 2.24) is 0 Å². The average molecular weight is 231 g/mol. The smallest absolute Gasteiger partial charge is 0.0521 e. The van der Waals surface area contributed by atoms with Gasteiger partial charge in [0.05, 0.1) is 13.2 Å². The summed E-state index contributed by atoms with van der Waals surface area (Å²) in [5.41, 5.74) is 0.961. The van der Waals surface area contributed by atoms with Gasteiger partial charge in [-0.2, -0.15) is 0 Å². The van der Waals surface area contributed by atoms with Crippen molar-refractivity contribution in [3.63, 3.8) is 0 Å². The number of hydrogen-bond acceptors (Lipinski definition) is 2.